The van der Waals surface area contributed by atoms with Crippen molar-refractivity contribution in [1.82, 2.24) is 4.90 Å². The van der Waals surface area contributed by atoms with Gasteiger partial charge >= 0.3 is 0 Å². The summed E-state index contributed by atoms with van der Waals surface area (Å²) in [5.74, 6) is 1.23. The van der Waals surface area contributed by atoms with E-state index in [4.69, 9.17) is 13.6 Å². The maximum Gasteiger partial charge on any atom is 0.291 e. The van der Waals surface area contributed by atoms with Gasteiger partial charge in [0.1, 0.15) is 36.2 Å². The lowest BCUT2D eigenvalue weighted by atomic mass is 10.0. The molecule has 4 heterocycles. The van der Waals surface area contributed by atoms with Gasteiger partial charge in [-0.2, -0.15) is 0 Å². The number of benzene rings is 1. The van der Waals surface area contributed by atoms with Crippen molar-refractivity contribution in [2.45, 2.75) is 19.4 Å². The van der Waals surface area contributed by atoms with Crippen LogP contribution in [0.2, 0.25) is 0 Å². The molecule has 1 N–H and O–H groups in total. The van der Waals surface area contributed by atoms with Crippen LogP contribution in [-0.2, 0) is 4.74 Å². The van der Waals surface area contributed by atoms with Crippen LogP contribution in [0.5, 0.6) is 0 Å². The number of morpholine rings is 1. The molecule has 0 aliphatic carbocycles. The van der Waals surface area contributed by atoms with E-state index in [1.807, 2.05) is 19.1 Å². The predicted octanol–water partition coefficient (Wildman–Crippen LogP) is 1.54. The van der Waals surface area contributed by atoms with Crippen LogP contribution < -0.4 is 10.3 Å². The molecule has 0 bridgehead atoms. The highest BCUT2D eigenvalue weighted by atomic mass is 16.5. The Morgan fingerprint density at radius 1 is 1.07 bits per heavy atom. The van der Waals surface area contributed by atoms with Crippen LogP contribution in [0, 0.1) is 6.92 Å². The van der Waals surface area contributed by atoms with Crippen LogP contribution in [0.15, 0.2) is 50.0 Å². The minimum absolute atomic E-state index is 0.136. The molecule has 0 radical (unpaired) electrons. The molecule has 30 heavy (non-hydrogen) atoms. The van der Waals surface area contributed by atoms with Crippen molar-refractivity contribution >= 4 is 16.9 Å². The molecule has 0 spiro atoms. The average molecular weight is 409 g/mol. The summed E-state index contributed by atoms with van der Waals surface area (Å²) in [5.41, 5.74) is 0.649. The average Bonchev–Trinajstić information content (AvgIpc) is 3.31. The molecule has 7 heteroatoms. The van der Waals surface area contributed by atoms with Gasteiger partial charge < -0.3 is 23.4 Å². The number of hydrogen-bond donors (Lipinski definition) is 1. The Morgan fingerprint density at radius 2 is 1.87 bits per heavy atom. The second-order valence-corrected chi connectivity index (χ2v) is 7.99. The van der Waals surface area contributed by atoms with Gasteiger partial charge in [-0.05, 0) is 31.2 Å². The number of fused-ring (bicyclic) bond motifs is 2. The van der Waals surface area contributed by atoms with E-state index < -0.39 is 6.04 Å². The maximum atomic E-state index is 13.3. The number of aryl methyl sites for hydroxylation is 1. The van der Waals surface area contributed by atoms with Crippen molar-refractivity contribution < 1.29 is 23.3 Å². The molecule has 2 aliphatic rings. The number of furan rings is 1. The number of hydrogen-bond acceptors (Lipinski definition) is 5. The highest BCUT2D eigenvalue weighted by molar-refractivity contribution is 5.98. The van der Waals surface area contributed by atoms with E-state index in [1.165, 1.54) is 4.90 Å². The van der Waals surface area contributed by atoms with Gasteiger partial charge in [0.25, 0.3) is 5.91 Å². The van der Waals surface area contributed by atoms with Gasteiger partial charge in [0.15, 0.2) is 5.43 Å². The van der Waals surface area contributed by atoms with Gasteiger partial charge in [0.2, 0.25) is 5.76 Å². The van der Waals surface area contributed by atoms with Crippen molar-refractivity contribution in [1.29, 1.82) is 0 Å². The summed E-state index contributed by atoms with van der Waals surface area (Å²) >= 11 is 0. The molecule has 3 aromatic rings. The van der Waals surface area contributed by atoms with Crippen molar-refractivity contribution in [3.63, 3.8) is 0 Å². The lowest BCUT2D eigenvalue weighted by molar-refractivity contribution is -0.908. The minimum Gasteiger partial charge on any atom is -0.464 e. The molecule has 1 aromatic carbocycles. The van der Waals surface area contributed by atoms with Gasteiger partial charge in [-0.15, -0.1) is 0 Å². The van der Waals surface area contributed by atoms with Crippen molar-refractivity contribution in [3.8, 4) is 0 Å². The van der Waals surface area contributed by atoms with E-state index in [1.54, 1.807) is 29.2 Å². The Bertz CT molecular complexity index is 1140. The topological polar surface area (TPSA) is 77.3 Å². The zero-order chi connectivity index (χ0) is 20.7. The first-order valence-corrected chi connectivity index (χ1v) is 10.5. The molecule has 2 aliphatic heterocycles. The van der Waals surface area contributed by atoms with E-state index in [0.717, 1.165) is 45.0 Å². The normalized spacial score (nSPS) is 19.6. The SMILES string of the molecule is Cc1ccc([C@H]2c3c(oc4ccccc4c3=O)C(=O)N2CCC[NH+]2CCOCC2)o1. The number of carbonyl (C=O) groups is 1. The monoisotopic (exact) mass is 409 g/mol. The van der Waals surface area contributed by atoms with E-state index in [-0.39, 0.29) is 17.1 Å². The van der Waals surface area contributed by atoms with Crippen LogP contribution in [0.3, 0.4) is 0 Å². The van der Waals surface area contributed by atoms with Crippen molar-refractivity contribution in [2.75, 3.05) is 39.4 Å². The number of para-hydroxylation sites is 1. The zero-order valence-corrected chi connectivity index (χ0v) is 17.0. The largest absolute Gasteiger partial charge is 0.464 e. The highest BCUT2D eigenvalue weighted by Crippen LogP contribution is 2.38. The molecule has 0 saturated carbocycles. The van der Waals surface area contributed by atoms with Crippen LogP contribution in [0.4, 0.5) is 0 Å². The fraction of sp³-hybridized carbons (Fsp3) is 0.391. The molecular formula is C23H25N2O5+. The Labute approximate surface area is 173 Å². The standard InChI is InChI=1S/C23H24N2O5/c1-15-7-8-18(29-15)20-19-21(26)16-5-2-3-6-17(16)30-22(19)23(27)25(20)10-4-9-24-11-13-28-14-12-24/h2-3,5-8,20H,4,9-14H2,1H3/p+1/t20-/m0/s1. The van der Waals surface area contributed by atoms with Crippen molar-refractivity contribution in [2.24, 2.45) is 0 Å². The van der Waals surface area contributed by atoms with Crippen LogP contribution in [0.25, 0.3) is 11.0 Å². The summed E-state index contributed by atoms with van der Waals surface area (Å²) in [7, 11) is 0. The first-order valence-electron chi connectivity index (χ1n) is 10.5. The molecule has 7 nitrogen and oxygen atoms in total. The summed E-state index contributed by atoms with van der Waals surface area (Å²) in [6.07, 6.45) is 0.832. The number of carbonyl (C=O) groups excluding carboxylic acids is 1. The van der Waals surface area contributed by atoms with Gasteiger partial charge in [-0.3, -0.25) is 9.59 Å². The summed E-state index contributed by atoms with van der Waals surface area (Å²) in [6, 6.07) is 10.2. The van der Waals surface area contributed by atoms with Crippen LogP contribution in [0.1, 0.15) is 40.1 Å². The molecular weight excluding hydrogens is 384 g/mol. The number of ether oxygens (including phenoxy) is 1. The first kappa shape index (κ1) is 19.1. The van der Waals surface area contributed by atoms with Gasteiger partial charge in [0.05, 0.1) is 30.7 Å². The summed E-state index contributed by atoms with van der Waals surface area (Å²) in [4.78, 5) is 29.8. The fourth-order valence-corrected chi connectivity index (χ4v) is 4.50. The third-order valence-electron chi connectivity index (χ3n) is 6.03. The van der Waals surface area contributed by atoms with Gasteiger partial charge in [0, 0.05) is 13.0 Å². The van der Waals surface area contributed by atoms with E-state index in [2.05, 4.69) is 0 Å². The molecule has 2 aromatic heterocycles. The molecule has 1 atom stereocenters. The van der Waals surface area contributed by atoms with E-state index in [9.17, 15) is 9.59 Å². The highest BCUT2D eigenvalue weighted by Gasteiger charge is 2.44. The zero-order valence-electron chi connectivity index (χ0n) is 17.0. The minimum atomic E-state index is -0.554. The van der Waals surface area contributed by atoms with E-state index >= 15 is 0 Å². The smallest absolute Gasteiger partial charge is 0.291 e. The Morgan fingerprint density at radius 3 is 2.63 bits per heavy atom. The number of amides is 1. The first-order chi connectivity index (χ1) is 14.6. The molecule has 0 unspecified atom stereocenters. The summed E-state index contributed by atoms with van der Waals surface area (Å²) in [5, 5.41) is 0.483. The fourth-order valence-electron chi connectivity index (χ4n) is 4.50. The molecule has 156 valence electrons. The van der Waals surface area contributed by atoms with Crippen LogP contribution >= 0.6 is 0 Å². The van der Waals surface area contributed by atoms with E-state index in [0.29, 0.717) is 28.8 Å². The molecule has 1 saturated heterocycles. The number of nitrogens with one attached hydrogen (secondary N) is 1. The maximum absolute atomic E-state index is 13.3. The van der Waals surface area contributed by atoms with Crippen LogP contribution in [-0.4, -0.2) is 50.2 Å². The number of rotatable bonds is 5. The number of nitrogens with zero attached hydrogens (tertiary/aromatic N) is 1. The quantitative estimate of drug-likeness (QED) is 0.692. The molecule has 5 rings (SSSR count). The second-order valence-electron chi connectivity index (χ2n) is 7.99. The molecule has 1 amide bonds. The predicted molar refractivity (Wildman–Crippen MR) is 110 cm³/mol. The lowest BCUT2D eigenvalue weighted by Gasteiger charge is -2.26. The number of quaternary nitrogens is 1. The third kappa shape index (κ3) is 3.24. The van der Waals surface area contributed by atoms with Gasteiger partial charge in [-0.1, -0.05) is 12.1 Å². The van der Waals surface area contributed by atoms with Gasteiger partial charge in [-0.25, -0.2) is 0 Å². The second kappa shape index (κ2) is 7.74. The Hall–Kier alpha value is -2.90. The Balaban J connectivity index is 1.51. The lowest BCUT2D eigenvalue weighted by Crippen LogP contribution is -3.14. The van der Waals surface area contributed by atoms with Crippen molar-refractivity contribution in [3.05, 3.63) is 69.5 Å². The summed E-state index contributed by atoms with van der Waals surface area (Å²) < 4.78 is 17.2. The summed E-state index contributed by atoms with van der Waals surface area (Å²) in [6.45, 7) is 6.88. The molecule has 1 fully saturated rings. The third-order valence-corrected chi connectivity index (χ3v) is 6.03. The Kier molecular flexibility index (Phi) is 4.92.